The number of aliphatic hydroxyl groups excluding tert-OH is 1. The second-order valence-electron chi connectivity index (χ2n) is 8.16. The Kier molecular flexibility index (Phi) is 9.04. The van der Waals surface area contributed by atoms with E-state index in [1.807, 2.05) is 18.4 Å². The monoisotopic (exact) mass is 398 g/mol. The maximum Gasteiger partial charge on any atom is 0.343 e. The van der Waals surface area contributed by atoms with Gasteiger partial charge in [-0.15, -0.1) is 0 Å². The Morgan fingerprint density at radius 1 is 1.21 bits per heavy atom. The summed E-state index contributed by atoms with van der Waals surface area (Å²) in [5.41, 5.74) is 2.94. The number of allylic oxidation sites excluding steroid dienone is 5. The molecule has 2 rings (SSSR count). The van der Waals surface area contributed by atoms with Crippen molar-refractivity contribution < 1.29 is 19.1 Å². The average Bonchev–Trinajstić information content (AvgIpc) is 3.27. The van der Waals surface area contributed by atoms with Crippen LogP contribution >= 0.6 is 0 Å². The van der Waals surface area contributed by atoms with Gasteiger partial charge in [-0.3, -0.25) is 0 Å². The molecule has 4 nitrogen and oxygen atoms in total. The molecule has 1 N–H and O–H groups in total. The Morgan fingerprint density at radius 2 is 1.97 bits per heavy atom. The maximum atomic E-state index is 11.4. The fraction of sp³-hybridized carbons (Fsp3) is 0.480. The molecule has 0 fully saturated rings. The number of ether oxygens (including phenoxy) is 1. The molecular formula is C25H34O4. The molecule has 0 spiro atoms. The minimum absolute atomic E-state index is 0.0231. The number of cyclic esters (lactones) is 1. The standard InChI is InChI=1S/C25H34O4/c1-18(8-5-9-19(2)11-7-13-22-14-15-28-17-22)10-6-12-20(3)16-23-24(26)21(4)25(27)29-23/h5,8-9,14-18,20,26H,6-7,10-13H2,1-4H3/b8-5+,19-9+,23-16?/t18-,20+/m1/s1. The molecule has 2 heterocycles. The summed E-state index contributed by atoms with van der Waals surface area (Å²) in [6.45, 7) is 8.07. The van der Waals surface area contributed by atoms with Crippen LogP contribution in [-0.4, -0.2) is 11.1 Å². The summed E-state index contributed by atoms with van der Waals surface area (Å²) in [5.74, 6) is 0.597. The molecule has 2 atom stereocenters. The third-order valence-electron chi connectivity index (χ3n) is 5.29. The number of esters is 1. The van der Waals surface area contributed by atoms with E-state index < -0.39 is 5.97 Å². The van der Waals surface area contributed by atoms with Crippen molar-refractivity contribution in [2.45, 2.75) is 66.2 Å². The summed E-state index contributed by atoms with van der Waals surface area (Å²) in [4.78, 5) is 11.4. The number of hydrogen-bond donors (Lipinski definition) is 1. The fourth-order valence-electron chi connectivity index (χ4n) is 3.32. The molecule has 0 aromatic carbocycles. The molecule has 0 radical (unpaired) electrons. The lowest BCUT2D eigenvalue weighted by Crippen LogP contribution is -1.98. The van der Waals surface area contributed by atoms with Crippen molar-refractivity contribution in [1.82, 2.24) is 0 Å². The van der Waals surface area contributed by atoms with E-state index in [2.05, 4.69) is 39.0 Å². The van der Waals surface area contributed by atoms with E-state index in [0.717, 1.165) is 38.5 Å². The number of aliphatic hydroxyl groups is 1. The number of rotatable bonds is 11. The minimum Gasteiger partial charge on any atom is -0.504 e. The third-order valence-corrected chi connectivity index (χ3v) is 5.29. The van der Waals surface area contributed by atoms with Crippen LogP contribution in [0.2, 0.25) is 0 Å². The van der Waals surface area contributed by atoms with Crippen LogP contribution < -0.4 is 0 Å². The molecule has 29 heavy (non-hydrogen) atoms. The topological polar surface area (TPSA) is 59.7 Å². The van der Waals surface area contributed by atoms with Crippen molar-refractivity contribution in [3.8, 4) is 0 Å². The molecule has 0 bridgehead atoms. The Labute approximate surface area is 174 Å². The van der Waals surface area contributed by atoms with Gasteiger partial charge >= 0.3 is 5.97 Å². The van der Waals surface area contributed by atoms with Gasteiger partial charge in [0.2, 0.25) is 0 Å². The van der Waals surface area contributed by atoms with E-state index in [-0.39, 0.29) is 17.3 Å². The van der Waals surface area contributed by atoms with Crippen LogP contribution in [0.5, 0.6) is 0 Å². The van der Waals surface area contributed by atoms with Gasteiger partial charge in [0.15, 0.2) is 11.5 Å². The fourth-order valence-corrected chi connectivity index (χ4v) is 3.32. The van der Waals surface area contributed by atoms with Crippen LogP contribution in [0.1, 0.15) is 65.4 Å². The smallest absolute Gasteiger partial charge is 0.343 e. The Morgan fingerprint density at radius 3 is 2.62 bits per heavy atom. The van der Waals surface area contributed by atoms with Crippen LogP contribution in [0, 0.1) is 11.8 Å². The molecule has 1 aliphatic heterocycles. The normalized spacial score (nSPS) is 18.7. The first-order chi connectivity index (χ1) is 13.9. The summed E-state index contributed by atoms with van der Waals surface area (Å²) < 4.78 is 10.2. The average molecular weight is 399 g/mol. The molecule has 0 saturated carbocycles. The number of carbonyl (C=O) groups is 1. The van der Waals surface area contributed by atoms with Gasteiger partial charge in [-0.25, -0.2) is 4.79 Å². The first-order valence-electron chi connectivity index (χ1n) is 10.6. The number of aryl methyl sites for hydroxylation is 1. The van der Waals surface area contributed by atoms with E-state index in [1.54, 1.807) is 13.2 Å². The predicted molar refractivity (Wildman–Crippen MR) is 116 cm³/mol. The third kappa shape index (κ3) is 7.80. The number of hydrogen-bond acceptors (Lipinski definition) is 4. The molecule has 1 aromatic heterocycles. The molecule has 158 valence electrons. The second kappa shape index (κ2) is 11.5. The van der Waals surface area contributed by atoms with Crippen molar-refractivity contribution in [2.75, 3.05) is 0 Å². The van der Waals surface area contributed by atoms with Crippen molar-refractivity contribution in [2.24, 2.45) is 11.8 Å². The second-order valence-corrected chi connectivity index (χ2v) is 8.16. The summed E-state index contributed by atoms with van der Waals surface area (Å²) in [7, 11) is 0. The largest absolute Gasteiger partial charge is 0.504 e. The van der Waals surface area contributed by atoms with Crippen molar-refractivity contribution in [1.29, 1.82) is 0 Å². The molecule has 1 aliphatic rings. The summed E-state index contributed by atoms with van der Waals surface area (Å²) in [6, 6.07) is 2.03. The van der Waals surface area contributed by atoms with Gasteiger partial charge in [0.1, 0.15) is 0 Å². The molecule has 0 aliphatic carbocycles. The quantitative estimate of drug-likeness (QED) is 0.328. The van der Waals surface area contributed by atoms with Crippen molar-refractivity contribution in [3.63, 3.8) is 0 Å². The van der Waals surface area contributed by atoms with Crippen molar-refractivity contribution >= 4 is 5.97 Å². The zero-order chi connectivity index (χ0) is 21.2. The van der Waals surface area contributed by atoms with Gasteiger partial charge in [0, 0.05) is 0 Å². The zero-order valence-corrected chi connectivity index (χ0v) is 18.1. The van der Waals surface area contributed by atoms with Crippen LogP contribution in [0.3, 0.4) is 0 Å². The highest BCUT2D eigenvalue weighted by atomic mass is 16.6. The van der Waals surface area contributed by atoms with Gasteiger partial charge in [-0.2, -0.15) is 0 Å². The highest BCUT2D eigenvalue weighted by molar-refractivity contribution is 5.93. The van der Waals surface area contributed by atoms with E-state index in [0.29, 0.717) is 11.7 Å². The van der Waals surface area contributed by atoms with Gasteiger partial charge < -0.3 is 14.3 Å². The van der Waals surface area contributed by atoms with Gasteiger partial charge in [0.25, 0.3) is 0 Å². The molecule has 0 saturated heterocycles. The van der Waals surface area contributed by atoms with Crippen LogP contribution in [-0.2, 0) is 16.0 Å². The lowest BCUT2D eigenvalue weighted by atomic mass is 9.97. The molecule has 0 amide bonds. The summed E-state index contributed by atoms with van der Waals surface area (Å²) in [5, 5.41) is 9.88. The lowest BCUT2D eigenvalue weighted by Gasteiger charge is -2.10. The Bertz CT molecular complexity index is 778. The number of furan rings is 1. The SMILES string of the molecule is CC1=C(O)C(=C[C@@H](C)CCC[C@H](C)/C=C/C=C(\C)CCCc2ccoc2)OC1=O. The van der Waals surface area contributed by atoms with Gasteiger partial charge in [-0.1, -0.05) is 44.1 Å². The Hall–Kier alpha value is -2.49. The predicted octanol–water partition coefficient (Wildman–Crippen LogP) is 6.82. The first-order valence-corrected chi connectivity index (χ1v) is 10.6. The van der Waals surface area contributed by atoms with E-state index >= 15 is 0 Å². The highest BCUT2D eigenvalue weighted by Crippen LogP contribution is 2.26. The molecular weight excluding hydrogens is 364 g/mol. The summed E-state index contributed by atoms with van der Waals surface area (Å²) in [6.07, 6.45) is 18.5. The summed E-state index contributed by atoms with van der Waals surface area (Å²) >= 11 is 0. The molecule has 4 heteroatoms. The minimum atomic E-state index is -0.454. The lowest BCUT2D eigenvalue weighted by molar-refractivity contribution is -0.133. The van der Waals surface area contributed by atoms with Crippen LogP contribution in [0.25, 0.3) is 0 Å². The molecule has 1 aromatic rings. The Balaban J connectivity index is 1.64. The molecule has 0 unspecified atom stereocenters. The van der Waals surface area contributed by atoms with E-state index in [1.165, 1.54) is 11.1 Å². The van der Waals surface area contributed by atoms with Crippen LogP contribution in [0.4, 0.5) is 0 Å². The highest BCUT2D eigenvalue weighted by Gasteiger charge is 2.26. The van der Waals surface area contributed by atoms with Crippen molar-refractivity contribution in [3.05, 3.63) is 71.1 Å². The van der Waals surface area contributed by atoms with E-state index in [9.17, 15) is 9.90 Å². The van der Waals surface area contributed by atoms with Gasteiger partial charge in [0.05, 0.1) is 18.1 Å². The van der Waals surface area contributed by atoms with Gasteiger partial charge in [-0.05, 0) is 75.5 Å². The number of carbonyl (C=O) groups excluding carboxylic acids is 1. The zero-order valence-electron chi connectivity index (χ0n) is 18.1. The maximum absolute atomic E-state index is 11.4. The van der Waals surface area contributed by atoms with E-state index in [4.69, 9.17) is 9.15 Å². The van der Waals surface area contributed by atoms with Crippen LogP contribution in [0.15, 0.2) is 70.0 Å². The first kappa shape index (κ1) is 22.8.